The lowest BCUT2D eigenvalue weighted by Gasteiger charge is -2.04. The first-order chi connectivity index (χ1) is 8.45. The van der Waals surface area contributed by atoms with E-state index in [2.05, 4.69) is 39.6 Å². The minimum atomic E-state index is 0.933. The van der Waals surface area contributed by atoms with Crippen molar-refractivity contribution in [3.8, 4) is 0 Å². The molecule has 3 heteroatoms. The van der Waals surface area contributed by atoms with Crippen LogP contribution in [0.5, 0.6) is 0 Å². The number of aromatic nitrogens is 2. The molecule has 2 rings (SSSR count). The molecule has 0 aliphatic rings. The minimum Gasteiger partial charge on any atom is -0.316 e. The van der Waals surface area contributed by atoms with Gasteiger partial charge in [0.05, 0.1) is 5.69 Å². The van der Waals surface area contributed by atoms with E-state index in [1.165, 1.54) is 5.56 Å². The molecule has 0 saturated heterocycles. The summed E-state index contributed by atoms with van der Waals surface area (Å²) >= 11 is 0. The molecule has 1 aromatic heterocycles. The summed E-state index contributed by atoms with van der Waals surface area (Å²) < 4.78 is 0. The second-order valence-electron chi connectivity index (χ2n) is 3.93. The van der Waals surface area contributed by atoms with Crippen molar-refractivity contribution >= 4 is 0 Å². The van der Waals surface area contributed by atoms with Crippen LogP contribution in [0.25, 0.3) is 0 Å². The molecular weight excluding hydrogens is 210 g/mol. The molecule has 0 saturated carbocycles. The lowest BCUT2D eigenvalue weighted by molar-refractivity contribution is 0.674. The van der Waals surface area contributed by atoms with Gasteiger partial charge in [0.2, 0.25) is 0 Å². The Balaban J connectivity index is 1.61. The standard InChI is InChI=1S/C14H17N3/c1-2-4-13(5-3-1)6-8-15-9-7-14-12-16-10-11-17-14/h1-5,10-12,15H,6-9H2. The maximum Gasteiger partial charge on any atom is 0.0599 e. The molecule has 3 nitrogen and oxygen atoms in total. The van der Waals surface area contributed by atoms with Gasteiger partial charge in [-0.15, -0.1) is 0 Å². The molecule has 88 valence electrons. The zero-order valence-electron chi connectivity index (χ0n) is 9.84. The van der Waals surface area contributed by atoms with Crippen LogP contribution in [0.2, 0.25) is 0 Å². The maximum absolute atomic E-state index is 4.23. The minimum absolute atomic E-state index is 0.933. The third-order valence-electron chi connectivity index (χ3n) is 2.61. The van der Waals surface area contributed by atoms with Crippen molar-refractivity contribution in [3.05, 3.63) is 60.2 Å². The first-order valence-electron chi connectivity index (χ1n) is 5.95. The number of rotatable bonds is 6. The van der Waals surface area contributed by atoms with Crippen LogP contribution in [-0.2, 0) is 12.8 Å². The highest BCUT2D eigenvalue weighted by molar-refractivity contribution is 5.14. The number of nitrogens with zero attached hydrogens (tertiary/aromatic N) is 2. The molecule has 0 unspecified atom stereocenters. The van der Waals surface area contributed by atoms with Crippen molar-refractivity contribution in [2.45, 2.75) is 12.8 Å². The largest absolute Gasteiger partial charge is 0.316 e. The molecule has 0 radical (unpaired) electrons. The second kappa shape index (κ2) is 6.76. The molecule has 1 heterocycles. The van der Waals surface area contributed by atoms with E-state index in [9.17, 15) is 0 Å². The predicted molar refractivity (Wildman–Crippen MR) is 68.8 cm³/mol. The Hall–Kier alpha value is -1.74. The van der Waals surface area contributed by atoms with Gasteiger partial charge in [-0.05, 0) is 18.5 Å². The molecule has 0 fully saturated rings. The molecule has 0 atom stereocenters. The first-order valence-corrected chi connectivity index (χ1v) is 5.95. The molecule has 1 aromatic carbocycles. The van der Waals surface area contributed by atoms with Gasteiger partial charge in [0, 0.05) is 31.6 Å². The number of hydrogen-bond donors (Lipinski definition) is 1. The molecule has 1 N–H and O–H groups in total. The van der Waals surface area contributed by atoms with Crippen LogP contribution in [0.4, 0.5) is 0 Å². The van der Waals surface area contributed by atoms with Gasteiger partial charge in [-0.1, -0.05) is 30.3 Å². The fourth-order valence-electron chi connectivity index (χ4n) is 1.68. The Morgan fingerprint density at radius 3 is 2.53 bits per heavy atom. The zero-order valence-corrected chi connectivity index (χ0v) is 9.84. The van der Waals surface area contributed by atoms with Crippen molar-refractivity contribution in [1.82, 2.24) is 15.3 Å². The SMILES string of the molecule is c1ccc(CCNCCc2cnccn2)cc1. The van der Waals surface area contributed by atoms with Gasteiger partial charge in [0.15, 0.2) is 0 Å². The van der Waals surface area contributed by atoms with Gasteiger partial charge in [0.25, 0.3) is 0 Å². The van der Waals surface area contributed by atoms with Crippen molar-refractivity contribution < 1.29 is 0 Å². The van der Waals surface area contributed by atoms with Crippen LogP contribution in [-0.4, -0.2) is 23.1 Å². The Kier molecular flexibility index (Phi) is 4.67. The number of hydrogen-bond acceptors (Lipinski definition) is 3. The van der Waals surface area contributed by atoms with Gasteiger partial charge >= 0.3 is 0 Å². The summed E-state index contributed by atoms with van der Waals surface area (Å²) in [5, 5.41) is 3.41. The van der Waals surface area contributed by atoms with Crippen LogP contribution in [0, 0.1) is 0 Å². The average Bonchev–Trinajstić information content (AvgIpc) is 2.41. The highest BCUT2D eigenvalue weighted by Crippen LogP contribution is 1.98. The normalized spacial score (nSPS) is 10.4. The fourth-order valence-corrected chi connectivity index (χ4v) is 1.68. The average molecular weight is 227 g/mol. The van der Waals surface area contributed by atoms with Gasteiger partial charge in [-0.3, -0.25) is 9.97 Å². The van der Waals surface area contributed by atoms with Crippen LogP contribution in [0.3, 0.4) is 0 Å². The Bertz CT molecular complexity index is 372. The molecule has 17 heavy (non-hydrogen) atoms. The summed E-state index contributed by atoms with van der Waals surface area (Å²) in [7, 11) is 0. The van der Waals surface area contributed by atoms with E-state index in [1.807, 2.05) is 12.3 Å². The topological polar surface area (TPSA) is 37.8 Å². The third kappa shape index (κ3) is 4.33. The zero-order chi connectivity index (χ0) is 11.8. The van der Waals surface area contributed by atoms with Crippen LogP contribution < -0.4 is 5.32 Å². The summed E-state index contributed by atoms with van der Waals surface area (Å²) in [4.78, 5) is 8.27. The van der Waals surface area contributed by atoms with E-state index in [1.54, 1.807) is 12.4 Å². The van der Waals surface area contributed by atoms with Crippen LogP contribution in [0.1, 0.15) is 11.3 Å². The molecule has 0 aliphatic carbocycles. The molecular formula is C14H17N3. The summed E-state index contributed by atoms with van der Waals surface area (Å²) in [6.07, 6.45) is 7.26. The molecule has 0 spiro atoms. The lowest BCUT2D eigenvalue weighted by Crippen LogP contribution is -2.20. The van der Waals surface area contributed by atoms with Crippen molar-refractivity contribution in [3.63, 3.8) is 0 Å². The van der Waals surface area contributed by atoms with E-state index in [-0.39, 0.29) is 0 Å². The molecule has 2 aromatic rings. The van der Waals surface area contributed by atoms with Crippen molar-refractivity contribution in [2.24, 2.45) is 0 Å². The van der Waals surface area contributed by atoms with Crippen LogP contribution in [0.15, 0.2) is 48.9 Å². The maximum atomic E-state index is 4.23. The summed E-state index contributed by atoms with van der Waals surface area (Å²) in [5.74, 6) is 0. The Morgan fingerprint density at radius 1 is 0.941 bits per heavy atom. The van der Waals surface area contributed by atoms with Crippen molar-refractivity contribution in [2.75, 3.05) is 13.1 Å². The predicted octanol–water partition coefficient (Wildman–Crippen LogP) is 1.85. The van der Waals surface area contributed by atoms with E-state index in [0.29, 0.717) is 0 Å². The quantitative estimate of drug-likeness (QED) is 0.765. The highest BCUT2D eigenvalue weighted by atomic mass is 14.9. The summed E-state index contributed by atoms with van der Waals surface area (Å²) in [5.41, 5.74) is 2.42. The van der Waals surface area contributed by atoms with Gasteiger partial charge in [-0.2, -0.15) is 0 Å². The summed E-state index contributed by atoms with van der Waals surface area (Å²) in [6, 6.07) is 10.5. The van der Waals surface area contributed by atoms with E-state index in [4.69, 9.17) is 0 Å². The lowest BCUT2D eigenvalue weighted by atomic mass is 10.1. The number of nitrogens with one attached hydrogen (secondary N) is 1. The Morgan fingerprint density at radius 2 is 1.76 bits per heavy atom. The Labute approximate surface area is 102 Å². The smallest absolute Gasteiger partial charge is 0.0599 e. The third-order valence-corrected chi connectivity index (χ3v) is 2.61. The molecule has 0 amide bonds. The second-order valence-corrected chi connectivity index (χ2v) is 3.93. The van der Waals surface area contributed by atoms with Crippen LogP contribution >= 0.6 is 0 Å². The van der Waals surface area contributed by atoms with Crippen molar-refractivity contribution in [1.29, 1.82) is 0 Å². The monoisotopic (exact) mass is 227 g/mol. The first kappa shape index (κ1) is 11.7. The highest BCUT2D eigenvalue weighted by Gasteiger charge is 1.94. The van der Waals surface area contributed by atoms with Gasteiger partial charge in [0.1, 0.15) is 0 Å². The molecule has 0 aliphatic heterocycles. The van der Waals surface area contributed by atoms with Gasteiger partial charge in [-0.25, -0.2) is 0 Å². The van der Waals surface area contributed by atoms with E-state index in [0.717, 1.165) is 31.6 Å². The molecule has 0 bridgehead atoms. The van der Waals surface area contributed by atoms with E-state index < -0.39 is 0 Å². The summed E-state index contributed by atoms with van der Waals surface area (Å²) in [6.45, 7) is 1.95. The number of benzene rings is 1. The van der Waals surface area contributed by atoms with E-state index >= 15 is 0 Å². The van der Waals surface area contributed by atoms with Gasteiger partial charge < -0.3 is 5.32 Å². The fraction of sp³-hybridized carbons (Fsp3) is 0.286.